The molecule has 0 aliphatic carbocycles. The van der Waals surface area contributed by atoms with Crippen molar-refractivity contribution < 1.29 is 24.2 Å². The number of carboxylic acid groups (broad SMARTS) is 2. The van der Waals surface area contributed by atoms with Crippen molar-refractivity contribution in [2.24, 2.45) is 7.05 Å². The number of anilines is 2. The third kappa shape index (κ3) is 11.9. The Morgan fingerprint density at radius 2 is 1.58 bits per heavy atom. The van der Waals surface area contributed by atoms with Crippen LogP contribution in [0, 0.1) is 12.7 Å². The van der Waals surface area contributed by atoms with E-state index in [1.165, 1.54) is 56.2 Å². The first kappa shape index (κ1) is 35.1. The minimum absolute atomic E-state index is 0.0769. The number of hydrogen-bond acceptors (Lipinski definition) is 5. The van der Waals surface area contributed by atoms with E-state index >= 15 is 0 Å². The van der Waals surface area contributed by atoms with Crippen LogP contribution in [-0.2, 0) is 18.4 Å². The van der Waals surface area contributed by atoms with Crippen molar-refractivity contribution in [2.75, 3.05) is 23.3 Å². The summed E-state index contributed by atoms with van der Waals surface area (Å²) in [5.74, 6) is -1.17. The molecule has 0 spiro atoms. The Hall–Kier alpha value is -4.40. The first-order chi connectivity index (χ1) is 21.7. The summed E-state index contributed by atoms with van der Waals surface area (Å²) in [5, 5.41) is 21.3. The topological polar surface area (TPSA) is 108 Å². The van der Waals surface area contributed by atoms with Crippen LogP contribution >= 0.6 is 0 Å². The van der Waals surface area contributed by atoms with Crippen LogP contribution in [0.25, 0.3) is 11.0 Å². The molecule has 8 nitrogen and oxygen atoms in total. The Morgan fingerprint density at radius 3 is 2.22 bits per heavy atom. The molecule has 3 aromatic carbocycles. The number of nitrogens with zero attached hydrogens (tertiary/aromatic N) is 3. The summed E-state index contributed by atoms with van der Waals surface area (Å²) in [6.45, 7) is 6.06. The molecule has 1 heterocycles. The fraction of sp³-hybridized carbons (Fsp3) is 0.417. The average molecular weight is 619 g/mol. The average Bonchev–Trinajstić information content (AvgIpc) is 3.34. The summed E-state index contributed by atoms with van der Waals surface area (Å²) in [5.41, 5.74) is 4.89. The van der Waals surface area contributed by atoms with E-state index < -0.39 is 11.9 Å². The molecule has 0 saturated carbocycles. The summed E-state index contributed by atoms with van der Waals surface area (Å²) in [6, 6.07) is 19.6. The number of fused-ring (bicyclic) bond motifs is 1. The number of rotatable bonds is 17. The number of hydrogen-bond donors (Lipinski definition) is 3. The molecule has 0 radical (unpaired) electrons. The van der Waals surface area contributed by atoms with Crippen LogP contribution in [0.2, 0.25) is 0 Å². The van der Waals surface area contributed by atoms with Gasteiger partial charge in [0.15, 0.2) is 0 Å². The molecule has 0 bridgehead atoms. The molecule has 242 valence electrons. The highest BCUT2D eigenvalue weighted by atomic mass is 19.1. The van der Waals surface area contributed by atoms with Crippen molar-refractivity contribution in [3.05, 3.63) is 89.5 Å². The smallest absolute Gasteiger partial charge is 0.335 e. The number of aromatic carboxylic acids is 1. The van der Waals surface area contributed by atoms with Gasteiger partial charge in [-0.15, -0.1) is 0 Å². The van der Waals surface area contributed by atoms with E-state index in [2.05, 4.69) is 36.3 Å². The zero-order chi connectivity index (χ0) is 32.6. The van der Waals surface area contributed by atoms with Crippen molar-refractivity contribution in [3.8, 4) is 0 Å². The predicted octanol–water partition coefficient (Wildman–Crippen LogP) is 8.44. The quantitative estimate of drug-likeness (QED) is 0.102. The highest BCUT2D eigenvalue weighted by Gasteiger charge is 2.11. The number of carbonyl (C=O) groups is 2. The standard InChI is InChI=1S/C19H30FNO2.C17H17N3O2/c1-2-3-4-5-6-7-8-9-14-21(15-13-19(22)23)18-12-10-11-17(20)16-18;1-11-3-6-13(7-4-11)18-10-16-19-14-9-12(17(21)22)5-8-15(14)20(16)2/h10-12,16H,2-9,13-15H2,1H3,(H,22,23);3-9,18H,10H2,1-2H3,(H,21,22). The number of benzene rings is 3. The van der Waals surface area contributed by atoms with Gasteiger partial charge in [-0.25, -0.2) is 14.2 Å². The Balaban J connectivity index is 0.000000245. The minimum Gasteiger partial charge on any atom is -0.481 e. The highest BCUT2D eigenvalue weighted by Crippen LogP contribution is 2.19. The van der Waals surface area contributed by atoms with Gasteiger partial charge in [0, 0.05) is 31.5 Å². The zero-order valence-corrected chi connectivity index (χ0v) is 26.8. The Labute approximate surface area is 265 Å². The lowest BCUT2D eigenvalue weighted by Gasteiger charge is -2.24. The lowest BCUT2D eigenvalue weighted by Crippen LogP contribution is -2.27. The van der Waals surface area contributed by atoms with Gasteiger partial charge in [-0.3, -0.25) is 4.79 Å². The number of nitrogens with one attached hydrogen (secondary N) is 1. The van der Waals surface area contributed by atoms with Gasteiger partial charge in [-0.05, 0) is 61.9 Å². The minimum atomic E-state index is -0.938. The van der Waals surface area contributed by atoms with Gasteiger partial charge in [0.2, 0.25) is 0 Å². The van der Waals surface area contributed by atoms with E-state index in [0.29, 0.717) is 18.6 Å². The van der Waals surface area contributed by atoms with Gasteiger partial charge >= 0.3 is 11.9 Å². The molecule has 0 atom stereocenters. The fourth-order valence-corrected chi connectivity index (χ4v) is 5.10. The molecule has 4 rings (SSSR count). The Kier molecular flexibility index (Phi) is 14.4. The van der Waals surface area contributed by atoms with Gasteiger partial charge < -0.3 is 25.0 Å². The van der Waals surface area contributed by atoms with Crippen LogP contribution < -0.4 is 10.2 Å². The van der Waals surface area contributed by atoms with Gasteiger partial charge in [-0.2, -0.15) is 0 Å². The fourth-order valence-electron chi connectivity index (χ4n) is 5.10. The molecule has 0 aliphatic heterocycles. The zero-order valence-electron chi connectivity index (χ0n) is 26.8. The number of halogens is 1. The van der Waals surface area contributed by atoms with Gasteiger partial charge in [0.1, 0.15) is 11.6 Å². The molecule has 1 aromatic heterocycles. The molecular weight excluding hydrogens is 571 g/mol. The number of aryl methyl sites for hydroxylation is 2. The molecule has 0 aliphatic rings. The first-order valence-corrected chi connectivity index (χ1v) is 15.9. The Morgan fingerprint density at radius 1 is 0.889 bits per heavy atom. The maximum absolute atomic E-state index is 13.4. The molecule has 45 heavy (non-hydrogen) atoms. The molecule has 0 unspecified atom stereocenters. The third-order valence-corrected chi connectivity index (χ3v) is 7.77. The van der Waals surface area contributed by atoms with Gasteiger partial charge in [0.05, 0.1) is 29.6 Å². The van der Waals surface area contributed by atoms with Crippen LogP contribution in [-0.4, -0.2) is 44.8 Å². The van der Waals surface area contributed by atoms with Crippen LogP contribution in [0.3, 0.4) is 0 Å². The maximum Gasteiger partial charge on any atom is 0.335 e. The van der Waals surface area contributed by atoms with E-state index in [4.69, 9.17) is 10.2 Å². The van der Waals surface area contributed by atoms with Crippen molar-refractivity contribution in [1.29, 1.82) is 0 Å². The summed E-state index contributed by atoms with van der Waals surface area (Å²) < 4.78 is 15.3. The van der Waals surface area contributed by atoms with E-state index in [-0.39, 0.29) is 17.8 Å². The van der Waals surface area contributed by atoms with Crippen LogP contribution in [0.15, 0.2) is 66.7 Å². The van der Waals surface area contributed by atoms with Crippen molar-refractivity contribution in [2.45, 2.75) is 78.2 Å². The molecule has 9 heteroatoms. The van der Waals surface area contributed by atoms with E-state index in [9.17, 15) is 14.0 Å². The second kappa shape index (κ2) is 18.4. The largest absolute Gasteiger partial charge is 0.481 e. The molecule has 3 N–H and O–H groups in total. The van der Waals surface area contributed by atoms with Crippen molar-refractivity contribution in [1.82, 2.24) is 9.55 Å². The van der Waals surface area contributed by atoms with Crippen LogP contribution in [0.5, 0.6) is 0 Å². The van der Waals surface area contributed by atoms with Gasteiger partial charge in [0.25, 0.3) is 0 Å². The molecular formula is C36H47FN4O4. The summed E-state index contributed by atoms with van der Waals surface area (Å²) in [4.78, 5) is 28.3. The monoisotopic (exact) mass is 618 g/mol. The van der Waals surface area contributed by atoms with E-state index in [1.54, 1.807) is 24.3 Å². The second-order valence-electron chi connectivity index (χ2n) is 11.4. The van der Waals surface area contributed by atoms with Crippen LogP contribution in [0.4, 0.5) is 15.8 Å². The summed E-state index contributed by atoms with van der Waals surface area (Å²) in [6.07, 6.45) is 9.96. The van der Waals surface area contributed by atoms with Gasteiger partial charge in [-0.1, -0.05) is 75.6 Å². The molecule has 0 fully saturated rings. The lowest BCUT2D eigenvalue weighted by molar-refractivity contribution is -0.136. The predicted molar refractivity (Wildman–Crippen MR) is 180 cm³/mol. The summed E-state index contributed by atoms with van der Waals surface area (Å²) in [7, 11) is 1.93. The normalized spacial score (nSPS) is 10.8. The third-order valence-electron chi connectivity index (χ3n) is 7.77. The Bertz CT molecular complexity index is 1500. The second-order valence-corrected chi connectivity index (χ2v) is 11.4. The van der Waals surface area contributed by atoms with Crippen LogP contribution in [0.1, 0.15) is 86.5 Å². The number of aliphatic carboxylic acids is 1. The maximum atomic E-state index is 13.4. The lowest BCUT2D eigenvalue weighted by atomic mass is 10.1. The first-order valence-electron chi connectivity index (χ1n) is 15.9. The number of unbranched alkanes of at least 4 members (excludes halogenated alkanes) is 7. The number of aromatic nitrogens is 2. The number of imidazole rings is 1. The number of carboxylic acids is 2. The molecule has 0 saturated heterocycles. The molecule has 4 aromatic rings. The van der Waals surface area contributed by atoms with Crippen molar-refractivity contribution in [3.63, 3.8) is 0 Å². The van der Waals surface area contributed by atoms with Crippen molar-refractivity contribution >= 4 is 34.3 Å². The SMILES string of the molecule is CCCCCCCCCCN(CCC(=O)O)c1cccc(F)c1.Cc1ccc(NCc2nc3cc(C(=O)O)ccc3n2C)cc1. The molecule has 0 amide bonds. The van der Waals surface area contributed by atoms with E-state index in [1.807, 2.05) is 34.7 Å². The van der Waals surface area contributed by atoms with E-state index in [0.717, 1.165) is 42.1 Å². The summed E-state index contributed by atoms with van der Waals surface area (Å²) >= 11 is 0. The highest BCUT2D eigenvalue weighted by molar-refractivity contribution is 5.92.